The zero-order valence-corrected chi connectivity index (χ0v) is 20.2. The lowest BCUT2D eigenvalue weighted by Crippen LogP contribution is -2.43. The number of anilines is 1. The van der Waals surface area contributed by atoms with Crippen LogP contribution in [-0.4, -0.2) is 41.6 Å². The third kappa shape index (κ3) is 4.52. The van der Waals surface area contributed by atoms with Crippen LogP contribution >= 0.6 is 0 Å². The molecule has 1 atom stereocenters. The van der Waals surface area contributed by atoms with Gasteiger partial charge in [-0.25, -0.2) is 31.6 Å². The first-order chi connectivity index (χ1) is 16.5. The molecule has 0 radical (unpaired) electrons. The third-order valence-corrected chi connectivity index (χ3v) is 8.29. The van der Waals surface area contributed by atoms with Gasteiger partial charge in [0.2, 0.25) is 0 Å². The first-order valence-electron chi connectivity index (χ1n) is 10.9. The van der Waals surface area contributed by atoms with Crippen LogP contribution in [0.5, 0.6) is 0 Å². The van der Waals surface area contributed by atoms with Crippen molar-refractivity contribution in [2.24, 2.45) is 7.05 Å². The number of nitrogens with one attached hydrogen (secondary N) is 1. The number of hydrogen-bond donors (Lipinski definition) is 1. The molecule has 3 aromatic rings. The summed E-state index contributed by atoms with van der Waals surface area (Å²) in [6.45, 7) is 1.60. The van der Waals surface area contributed by atoms with Gasteiger partial charge in [-0.1, -0.05) is 18.2 Å². The molecule has 0 saturated carbocycles. The van der Waals surface area contributed by atoms with Gasteiger partial charge in [0.1, 0.15) is 29.2 Å². The number of halogens is 3. The molecule has 1 N–H and O–H groups in total. The van der Waals surface area contributed by atoms with Gasteiger partial charge in [-0.05, 0) is 25.8 Å². The van der Waals surface area contributed by atoms with Crippen molar-refractivity contribution in [2.75, 3.05) is 23.9 Å². The van der Waals surface area contributed by atoms with E-state index >= 15 is 0 Å². The van der Waals surface area contributed by atoms with E-state index < -0.39 is 39.3 Å². The SMILES string of the molecule is COC1(c2cc3c(N[C@H](C)c4cccc(C(F)F)c4F)ncnc3n(C)c2=O)CCS(=O)(=O)CC1. The number of nitrogens with zero attached hydrogens (tertiary/aromatic N) is 3. The number of fused-ring (bicyclic) bond motifs is 1. The van der Waals surface area contributed by atoms with E-state index in [4.69, 9.17) is 4.74 Å². The maximum atomic E-state index is 14.7. The van der Waals surface area contributed by atoms with Crippen molar-refractivity contribution in [3.05, 3.63) is 63.5 Å². The van der Waals surface area contributed by atoms with Crippen molar-refractivity contribution in [3.8, 4) is 0 Å². The molecule has 0 bridgehead atoms. The minimum absolute atomic E-state index is 0.0328. The number of methoxy groups -OCH3 is 1. The van der Waals surface area contributed by atoms with Gasteiger partial charge in [-0.2, -0.15) is 0 Å². The van der Waals surface area contributed by atoms with Gasteiger partial charge >= 0.3 is 0 Å². The van der Waals surface area contributed by atoms with Crippen molar-refractivity contribution < 1.29 is 26.3 Å². The van der Waals surface area contributed by atoms with Gasteiger partial charge in [-0.15, -0.1) is 0 Å². The predicted octanol–water partition coefficient (Wildman–Crippen LogP) is 3.63. The Bertz CT molecular complexity index is 1430. The van der Waals surface area contributed by atoms with Gasteiger partial charge in [0.15, 0.2) is 9.84 Å². The molecule has 1 fully saturated rings. The Morgan fingerprint density at radius 1 is 1.17 bits per heavy atom. The second-order valence-corrected chi connectivity index (χ2v) is 11.0. The number of pyridine rings is 1. The lowest BCUT2D eigenvalue weighted by molar-refractivity contribution is -0.0244. The average molecular weight is 511 g/mol. The van der Waals surface area contributed by atoms with E-state index in [2.05, 4.69) is 15.3 Å². The summed E-state index contributed by atoms with van der Waals surface area (Å²) in [5, 5.41) is 3.46. The monoisotopic (exact) mass is 510 g/mol. The van der Waals surface area contributed by atoms with Crippen LogP contribution in [0.15, 0.2) is 35.4 Å². The fourth-order valence-corrected chi connectivity index (χ4v) is 6.00. The molecule has 12 heteroatoms. The van der Waals surface area contributed by atoms with E-state index in [1.54, 1.807) is 13.0 Å². The number of sulfone groups is 1. The van der Waals surface area contributed by atoms with Crippen LogP contribution in [-0.2, 0) is 27.2 Å². The Labute approximate surface area is 200 Å². The zero-order valence-electron chi connectivity index (χ0n) is 19.4. The molecule has 0 amide bonds. The summed E-state index contributed by atoms with van der Waals surface area (Å²) in [6.07, 6.45) is -1.48. The Balaban J connectivity index is 1.81. The molecule has 1 aliphatic heterocycles. The Kier molecular flexibility index (Phi) is 6.62. The predicted molar refractivity (Wildman–Crippen MR) is 125 cm³/mol. The van der Waals surface area contributed by atoms with Crippen molar-refractivity contribution in [2.45, 2.75) is 37.8 Å². The molecule has 0 spiro atoms. The molecule has 2 aromatic heterocycles. The summed E-state index contributed by atoms with van der Waals surface area (Å²) in [7, 11) is -0.256. The molecule has 1 saturated heterocycles. The highest BCUT2D eigenvalue weighted by atomic mass is 32.2. The van der Waals surface area contributed by atoms with Crippen LogP contribution in [0.3, 0.4) is 0 Å². The van der Waals surface area contributed by atoms with E-state index in [0.29, 0.717) is 11.0 Å². The first kappa shape index (κ1) is 25.1. The number of aryl methyl sites for hydroxylation is 1. The molecular weight excluding hydrogens is 485 g/mol. The van der Waals surface area contributed by atoms with Gasteiger partial charge < -0.3 is 10.1 Å². The van der Waals surface area contributed by atoms with Gasteiger partial charge in [-0.3, -0.25) is 9.36 Å². The minimum atomic E-state index is -3.22. The lowest BCUT2D eigenvalue weighted by Gasteiger charge is -2.36. The molecule has 3 heterocycles. The number of hydrogen-bond acceptors (Lipinski definition) is 7. The fraction of sp³-hybridized carbons (Fsp3) is 0.435. The molecule has 8 nitrogen and oxygen atoms in total. The quantitative estimate of drug-likeness (QED) is 0.540. The highest BCUT2D eigenvalue weighted by molar-refractivity contribution is 7.91. The van der Waals surface area contributed by atoms with Crippen molar-refractivity contribution in [1.82, 2.24) is 14.5 Å². The second-order valence-electron chi connectivity index (χ2n) is 8.65. The van der Waals surface area contributed by atoms with E-state index in [9.17, 15) is 26.4 Å². The average Bonchev–Trinajstić information content (AvgIpc) is 2.82. The number of benzene rings is 1. The fourth-order valence-electron chi connectivity index (χ4n) is 4.52. The van der Waals surface area contributed by atoms with Crippen LogP contribution < -0.4 is 10.9 Å². The van der Waals surface area contributed by atoms with Gasteiger partial charge in [0, 0.05) is 19.7 Å². The molecule has 1 aromatic carbocycles. The smallest absolute Gasteiger partial charge is 0.266 e. The van der Waals surface area contributed by atoms with Crippen molar-refractivity contribution >= 4 is 26.7 Å². The van der Waals surface area contributed by atoms with Gasteiger partial charge in [0.05, 0.1) is 34.1 Å². The molecule has 35 heavy (non-hydrogen) atoms. The maximum absolute atomic E-state index is 14.7. The third-order valence-electron chi connectivity index (χ3n) is 6.63. The van der Waals surface area contributed by atoms with Crippen LogP contribution in [0, 0.1) is 5.82 Å². The number of ether oxygens (including phenoxy) is 1. The highest BCUT2D eigenvalue weighted by Gasteiger charge is 2.41. The highest BCUT2D eigenvalue weighted by Crippen LogP contribution is 2.37. The number of aromatic nitrogens is 3. The Morgan fingerprint density at radius 2 is 1.83 bits per heavy atom. The summed E-state index contributed by atoms with van der Waals surface area (Å²) in [5.74, 6) is -0.976. The minimum Gasteiger partial charge on any atom is -0.373 e. The molecule has 0 aliphatic carbocycles. The number of alkyl halides is 2. The van der Waals surface area contributed by atoms with Crippen molar-refractivity contribution in [1.29, 1.82) is 0 Å². The second kappa shape index (κ2) is 9.23. The van der Waals surface area contributed by atoms with Crippen LogP contribution in [0.1, 0.15) is 48.9 Å². The van der Waals surface area contributed by atoms with E-state index in [0.717, 1.165) is 6.07 Å². The summed E-state index contributed by atoms with van der Waals surface area (Å²) < 4.78 is 72.1. The molecule has 0 unspecified atom stereocenters. The zero-order chi connectivity index (χ0) is 25.5. The summed E-state index contributed by atoms with van der Waals surface area (Å²) in [5.41, 5.74) is -1.59. The lowest BCUT2D eigenvalue weighted by atomic mass is 9.88. The Hall–Kier alpha value is -2.99. The first-order valence-corrected chi connectivity index (χ1v) is 12.8. The summed E-state index contributed by atoms with van der Waals surface area (Å²) in [6, 6.07) is 4.62. The maximum Gasteiger partial charge on any atom is 0.266 e. The van der Waals surface area contributed by atoms with Crippen LogP contribution in [0.25, 0.3) is 11.0 Å². The molecular formula is C23H25F3N4O4S. The number of rotatable bonds is 6. The normalized spacial score (nSPS) is 18.0. The van der Waals surface area contributed by atoms with E-state index in [1.165, 1.54) is 37.2 Å². The Morgan fingerprint density at radius 3 is 2.46 bits per heavy atom. The van der Waals surface area contributed by atoms with Crippen LogP contribution in [0.4, 0.5) is 19.0 Å². The standard InChI is InChI=1S/C23H25F3N4O4S/c1-13(14-5-4-6-15(18(14)24)19(25)26)29-20-16-11-17(22(31)30(2)21(16)28-12-27-20)23(34-3)7-9-35(32,33)10-8-23/h4-6,11-13,19H,7-10H2,1-3H3,(H,27,28,29)/t13-/m1/s1. The topological polar surface area (TPSA) is 103 Å². The molecule has 188 valence electrons. The molecule has 4 rings (SSSR count). The summed E-state index contributed by atoms with van der Waals surface area (Å²) >= 11 is 0. The summed E-state index contributed by atoms with van der Waals surface area (Å²) in [4.78, 5) is 21.7. The van der Waals surface area contributed by atoms with Gasteiger partial charge in [0.25, 0.3) is 12.0 Å². The van der Waals surface area contributed by atoms with Crippen molar-refractivity contribution in [3.63, 3.8) is 0 Å². The van der Waals surface area contributed by atoms with E-state index in [1.807, 2.05) is 0 Å². The van der Waals surface area contributed by atoms with Crippen LogP contribution in [0.2, 0.25) is 0 Å². The molecule has 1 aliphatic rings. The largest absolute Gasteiger partial charge is 0.373 e. The van der Waals surface area contributed by atoms with E-state index in [-0.39, 0.29) is 46.9 Å².